The van der Waals surface area contributed by atoms with Crippen molar-refractivity contribution in [1.29, 1.82) is 0 Å². The number of benzene rings is 2. The first-order valence-electron chi connectivity index (χ1n) is 9.99. The maximum absolute atomic E-state index is 10.8. The zero-order chi connectivity index (χ0) is 20.6. The predicted octanol–water partition coefficient (Wildman–Crippen LogP) is 3.36. The van der Waals surface area contributed by atoms with Crippen LogP contribution in [0, 0.1) is 10.1 Å². The molecular formula is C22H29N3O4. The molecule has 0 spiro atoms. The van der Waals surface area contributed by atoms with Gasteiger partial charge in [-0.3, -0.25) is 10.1 Å². The van der Waals surface area contributed by atoms with Crippen molar-refractivity contribution in [3.05, 3.63) is 63.7 Å². The van der Waals surface area contributed by atoms with E-state index in [2.05, 4.69) is 29.0 Å². The molecule has 0 aromatic heterocycles. The lowest BCUT2D eigenvalue weighted by Crippen LogP contribution is -2.44. The maximum atomic E-state index is 10.8. The fourth-order valence-corrected chi connectivity index (χ4v) is 3.50. The standard InChI is InChI=1S/C22H29N3O4/c1-23-12-14-24(15-13-23)11-3-4-18-5-10-22(28-2)19(16-18)17-29-21-8-6-20(7-9-21)25(26)27/h5-10,16H,3-4,11-15,17H2,1-2H3. The third-order valence-electron chi connectivity index (χ3n) is 5.32. The Kier molecular flexibility index (Phi) is 7.43. The number of hydrogen-bond donors (Lipinski definition) is 0. The second-order valence-electron chi connectivity index (χ2n) is 7.43. The fourth-order valence-electron chi connectivity index (χ4n) is 3.50. The number of ether oxygens (including phenoxy) is 2. The van der Waals surface area contributed by atoms with Crippen molar-refractivity contribution in [1.82, 2.24) is 9.80 Å². The normalized spacial score (nSPS) is 15.2. The highest BCUT2D eigenvalue weighted by atomic mass is 16.6. The number of rotatable bonds is 9. The highest BCUT2D eigenvalue weighted by Crippen LogP contribution is 2.24. The number of nitro groups is 1. The Morgan fingerprint density at radius 1 is 1.07 bits per heavy atom. The molecule has 0 amide bonds. The Morgan fingerprint density at radius 2 is 1.79 bits per heavy atom. The maximum Gasteiger partial charge on any atom is 0.269 e. The topological polar surface area (TPSA) is 68.1 Å². The van der Waals surface area contributed by atoms with E-state index in [0.29, 0.717) is 12.4 Å². The van der Waals surface area contributed by atoms with Gasteiger partial charge in [-0.1, -0.05) is 6.07 Å². The fraction of sp³-hybridized carbons (Fsp3) is 0.455. The van der Waals surface area contributed by atoms with E-state index in [1.54, 1.807) is 19.2 Å². The first kappa shape index (κ1) is 21.1. The van der Waals surface area contributed by atoms with E-state index in [1.165, 1.54) is 17.7 Å². The number of nitrogens with zero attached hydrogens (tertiary/aromatic N) is 3. The average Bonchev–Trinajstić information content (AvgIpc) is 2.74. The van der Waals surface area contributed by atoms with Gasteiger partial charge in [-0.05, 0) is 56.3 Å². The molecule has 1 aliphatic heterocycles. The lowest BCUT2D eigenvalue weighted by Gasteiger charge is -2.32. The molecule has 0 N–H and O–H groups in total. The largest absolute Gasteiger partial charge is 0.496 e. The van der Waals surface area contributed by atoms with Gasteiger partial charge in [0.15, 0.2) is 0 Å². The first-order chi connectivity index (χ1) is 14.0. The molecule has 2 aromatic rings. The van der Waals surface area contributed by atoms with Gasteiger partial charge in [-0.15, -0.1) is 0 Å². The summed E-state index contributed by atoms with van der Waals surface area (Å²) in [6, 6.07) is 12.4. The van der Waals surface area contributed by atoms with E-state index in [0.717, 1.165) is 56.9 Å². The summed E-state index contributed by atoms with van der Waals surface area (Å²) in [4.78, 5) is 15.2. The molecule has 3 rings (SSSR count). The van der Waals surface area contributed by atoms with E-state index in [4.69, 9.17) is 9.47 Å². The Balaban J connectivity index is 1.54. The van der Waals surface area contributed by atoms with Crippen molar-refractivity contribution in [3.8, 4) is 11.5 Å². The van der Waals surface area contributed by atoms with Gasteiger partial charge in [0.05, 0.1) is 12.0 Å². The SMILES string of the molecule is COc1ccc(CCCN2CCN(C)CC2)cc1COc1ccc([N+](=O)[O-])cc1. The van der Waals surface area contributed by atoms with Crippen LogP contribution in [0.4, 0.5) is 5.69 Å². The van der Waals surface area contributed by atoms with Crippen LogP contribution in [0.3, 0.4) is 0 Å². The third kappa shape index (κ3) is 6.17. The average molecular weight is 399 g/mol. The molecule has 29 heavy (non-hydrogen) atoms. The Hall–Kier alpha value is -2.64. The van der Waals surface area contributed by atoms with Gasteiger partial charge in [0.1, 0.15) is 18.1 Å². The summed E-state index contributed by atoms with van der Waals surface area (Å²) in [7, 11) is 3.83. The summed E-state index contributed by atoms with van der Waals surface area (Å²) in [6.07, 6.45) is 2.14. The Morgan fingerprint density at radius 3 is 2.45 bits per heavy atom. The number of non-ortho nitro benzene ring substituents is 1. The molecule has 156 valence electrons. The minimum absolute atomic E-state index is 0.0530. The van der Waals surface area contributed by atoms with Gasteiger partial charge >= 0.3 is 0 Å². The van der Waals surface area contributed by atoms with Crippen molar-refractivity contribution >= 4 is 5.69 Å². The molecule has 1 aliphatic rings. The second-order valence-corrected chi connectivity index (χ2v) is 7.43. The minimum atomic E-state index is -0.418. The molecule has 0 unspecified atom stereocenters. The number of aryl methyl sites for hydroxylation is 1. The van der Waals surface area contributed by atoms with Crippen molar-refractivity contribution < 1.29 is 14.4 Å². The summed E-state index contributed by atoms with van der Waals surface area (Å²) in [6.45, 7) is 6.06. The van der Waals surface area contributed by atoms with Crippen LogP contribution in [0.5, 0.6) is 11.5 Å². The van der Waals surface area contributed by atoms with Gasteiger partial charge in [0.25, 0.3) is 5.69 Å². The van der Waals surface area contributed by atoms with Gasteiger partial charge in [-0.25, -0.2) is 0 Å². The van der Waals surface area contributed by atoms with Crippen LogP contribution in [0.1, 0.15) is 17.5 Å². The van der Waals surface area contributed by atoms with Crippen molar-refractivity contribution in [3.63, 3.8) is 0 Å². The molecule has 7 heteroatoms. The van der Waals surface area contributed by atoms with Gasteiger partial charge in [-0.2, -0.15) is 0 Å². The van der Waals surface area contributed by atoms with E-state index in [9.17, 15) is 10.1 Å². The van der Waals surface area contributed by atoms with Crippen molar-refractivity contribution in [2.75, 3.05) is 46.9 Å². The summed E-state index contributed by atoms with van der Waals surface area (Å²) < 4.78 is 11.3. The third-order valence-corrected chi connectivity index (χ3v) is 5.32. The van der Waals surface area contributed by atoms with E-state index in [-0.39, 0.29) is 5.69 Å². The molecule has 0 atom stereocenters. The summed E-state index contributed by atoms with van der Waals surface area (Å²) in [5, 5.41) is 10.8. The summed E-state index contributed by atoms with van der Waals surface area (Å²) >= 11 is 0. The quantitative estimate of drug-likeness (QED) is 0.476. The second kappa shape index (κ2) is 10.2. The molecular weight excluding hydrogens is 370 g/mol. The van der Waals surface area contributed by atoms with Crippen LogP contribution in [-0.2, 0) is 13.0 Å². The molecule has 1 heterocycles. The molecule has 0 saturated carbocycles. The molecule has 1 saturated heterocycles. The highest BCUT2D eigenvalue weighted by Gasteiger charge is 2.13. The molecule has 1 fully saturated rings. The number of methoxy groups -OCH3 is 1. The van der Waals surface area contributed by atoms with Crippen LogP contribution >= 0.6 is 0 Å². The minimum Gasteiger partial charge on any atom is -0.496 e. The highest BCUT2D eigenvalue weighted by molar-refractivity contribution is 5.39. The first-order valence-corrected chi connectivity index (χ1v) is 9.99. The smallest absolute Gasteiger partial charge is 0.269 e. The van der Waals surface area contributed by atoms with E-state index < -0.39 is 4.92 Å². The number of hydrogen-bond acceptors (Lipinski definition) is 6. The predicted molar refractivity (Wildman–Crippen MR) is 113 cm³/mol. The van der Waals surface area contributed by atoms with Gasteiger partial charge in [0, 0.05) is 43.9 Å². The molecule has 2 aromatic carbocycles. The van der Waals surface area contributed by atoms with Crippen LogP contribution in [0.25, 0.3) is 0 Å². The zero-order valence-electron chi connectivity index (χ0n) is 17.2. The summed E-state index contributed by atoms with van der Waals surface area (Å²) in [5.41, 5.74) is 2.29. The Bertz CT molecular complexity index is 802. The molecule has 7 nitrogen and oxygen atoms in total. The van der Waals surface area contributed by atoms with E-state index in [1.807, 2.05) is 6.07 Å². The lowest BCUT2D eigenvalue weighted by atomic mass is 10.1. The molecule has 0 bridgehead atoms. The van der Waals surface area contributed by atoms with Gasteiger partial charge in [0.2, 0.25) is 0 Å². The van der Waals surface area contributed by atoms with Gasteiger partial charge < -0.3 is 19.3 Å². The van der Waals surface area contributed by atoms with Crippen LogP contribution in [-0.4, -0.2) is 61.6 Å². The van der Waals surface area contributed by atoms with E-state index >= 15 is 0 Å². The number of nitro benzene ring substituents is 1. The van der Waals surface area contributed by atoms with Crippen molar-refractivity contribution in [2.45, 2.75) is 19.4 Å². The lowest BCUT2D eigenvalue weighted by molar-refractivity contribution is -0.384. The Labute approximate surface area is 172 Å². The van der Waals surface area contributed by atoms with Crippen molar-refractivity contribution in [2.24, 2.45) is 0 Å². The van der Waals surface area contributed by atoms with Crippen LogP contribution in [0.15, 0.2) is 42.5 Å². The molecule has 0 radical (unpaired) electrons. The van der Waals surface area contributed by atoms with Crippen LogP contribution < -0.4 is 9.47 Å². The molecule has 0 aliphatic carbocycles. The monoisotopic (exact) mass is 399 g/mol. The zero-order valence-corrected chi connectivity index (χ0v) is 17.2. The number of likely N-dealkylation sites (N-methyl/N-ethyl adjacent to an activating group) is 1. The van der Waals surface area contributed by atoms with Crippen LogP contribution in [0.2, 0.25) is 0 Å². The summed E-state index contributed by atoms with van der Waals surface area (Å²) in [5.74, 6) is 1.38. The number of piperazine rings is 1.